The molecule has 0 aromatic heterocycles. The molecule has 0 heterocycles. The van der Waals surface area contributed by atoms with E-state index in [1.54, 1.807) is 0 Å². The normalized spacial score (nSPS) is 18.4. The minimum Gasteiger partial charge on any atom is -0.342 e. The predicted molar refractivity (Wildman–Crippen MR) is 105 cm³/mol. The van der Waals surface area contributed by atoms with E-state index in [4.69, 9.17) is 5.73 Å². The molecule has 3 atom stereocenters. The summed E-state index contributed by atoms with van der Waals surface area (Å²) < 4.78 is 0. The quantitative estimate of drug-likeness (QED) is 0.904. The van der Waals surface area contributed by atoms with E-state index in [1.165, 1.54) is 11.1 Å². The molecule has 3 nitrogen and oxygen atoms in total. The molecule has 0 spiro atoms. The van der Waals surface area contributed by atoms with Gasteiger partial charge >= 0.3 is 0 Å². The Hall–Kier alpha value is -1.84. The van der Waals surface area contributed by atoms with E-state index in [0.29, 0.717) is 0 Å². The lowest BCUT2D eigenvalue weighted by molar-refractivity contribution is -0.136. The zero-order valence-corrected chi connectivity index (χ0v) is 15.7. The molecule has 0 fully saturated rings. The fourth-order valence-corrected chi connectivity index (χ4v) is 3.63. The van der Waals surface area contributed by atoms with Gasteiger partial charge in [-0.2, -0.15) is 0 Å². The fourth-order valence-electron chi connectivity index (χ4n) is 3.63. The molecule has 1 aliphatic rings. The summed E-state index contributed by atoms with van der Waals surface area (Å²) in [5, 5.41) is 0. The first-order valence-corrected chi connectivity index (χ1v) is 8.72. The lowest BCUT2D eigenvalue weighted by Crippen LogP contribution is -2.45. The molecule has 4 heteroatoms. The van der Waals surface area contributed by atoms with E-state index in [9.17, 15) is 4.79 Å². The third kappa shape index (κ3) is 4.23. The average molecular weight is 359 g/mol. The molecule has 0 bridgehead atoms. The van der Waals surface area contributed by atoms with Crippen LogP contribution in [0.5, 0.6) is 0 Å². The van der Waals surface area contributed by atoms with E-state index in [0.717, 1.165) is 24.8 Å². The van der Waals surface area contributed by atoms with Crippen LogP contribution in [0.25, 0.3) is 0 Å². The van der Waals surface area contributed by atoms with Gasteiger partial charge in [0.2, 0.25) is 5.91 Å². The smallest absolute Gasteiger partial charge is 0.227 e. The summed E-state index contributed by atoms with van der Waals surface area (Å²) in [5.74, 6) is -0.0923. The topological polar surface area (TPSA) is 46.3 Å². The van der Waals surface area contributed by atoms with Crippen molar-refractivity contribution in [1.82, 2.24) is 4.90 Å². The monoisotopic (exact) mass is 358 g/mol. The van der Waals surface area contributed by atoms with Crippen LogP contribution < -0.4 is 5.73 Å². The van der Waals surface area contributed by atoms with Crippen LogP contribution in [0.2, 0.25) is 0 Å². The molecule has 0 aliphatic heterocycles. The van der Waals surface area contributed by atoms with Crippen LogP contribution in [0.3, 0.4) is 0 Å². The number of amides is 1. The largest absolute Gasteiger partial charge is 0.342 e. The molecule has 2 aromatic rings. The highest BCUT2D eigenvalue weighted by molar-refractivity contribution is 5.85. The van der Waals surface area contributed by atoms with E-state index < -0.39 is 0 Å². The van der Waals surface area contributed by atoms with E-state index in [2.05, 4.69) is 24.3 Å². The number of aryl methyl sites for hydroxylation is 1. The molecule has 0 saturated carbocycles. The van der Waals surface area contributed by atoms with Crippen LogP contribution in [0.1, 0.15) is 36.1 Å². The van der Waals surface area contributed by atoms with Crippen molar-refractivity contribution in [3.05, 3.63) is 71.3 Å². The van der Waals surface area contributed by atoms with Crippen LogP contribution >= 0.6 is 12.4 Å². The number of halogens is 1. The third-order valence-electron chi connectivity index (χ3n) is 5.33. The van der Waals surface area contributed by atoms with Crippen molar-refractivity contribution in [3.63, 3.8) is 0 Å². The van der Waals surface area contributed by atoms with Gasteiger partial charge in [0.05, 0.1) is 5.92 Å². The van der Waals surface area contributed by atoms with Gasteiger partial charge in [-0.3, -0.25) is 4.79 Å². The zero-order valence-electron chi connectivity index (χ0n) is 14.9. The third-order valence-corrected chi connectivity index (χ3v) is 5.33. The predicted octanol–water partition coefficient (Wildman–Crippen LogP) is 3.76. The standard InChI is InChI=1S/C21H26N2O.ClH/c1-15(20(22)17-9-4-3-5-10-17)21(24)23(2)19-13-12-16-8-6-7-11-18(16)14-19;/h3-11,15,19-20H,12-14,22H2,1-2H3;1H. The number of benzene rings is 2. The highest BCUT2D eigenvalue weighted by Crippen LogP contribution is 2.27. The Labute approximate surface area is 156 Å². The molecule has 0 saturated heterocycles. The SMILES string of the molecule is CC(C(=O)N(C)C1CCc2ccccc2C1)C(N)c1ccccc1.Cl. The second kappa shape index (κ2) is 8.50. The van der Waals surface area contributed by atoms with Crippen molar-refractivity contribution in [3.8, 4) is 0 Å². The first-order valence-electron chi connectivity index (χ1n) is 8.72. The fraction of sp³-hybridized carbons (Fsp3) is 0.381. The number of likely N-dealkylation sites (N-methyl/N-ethyl adjacent to an activating group) is 1. The molecule has 134 valence electrons. The molecular formula is C21H27ClN2O. The van der Waals surface area contributed by atoms with Gasteiger partial charge in [0.1, 0.15) is 0 Å². The van der Waals surface area contributed by atoms with E-state index in [-0.39, 0.29) is 36.3 Å². The number of nitrogens with two attached hydrogens (primary N) is 1. The maximum absolute atomic E-state index is 12.9. The van der Waals surface area contributed by atoms with Crippen molar-refractivity contribution in [1.29, 1.82) is 0 Å². The molecule has 1 aliphatic carbocycles. The molecule has 25 heavy (non-hydrogen) atoms. The summed E-state index contributed by atoms with van der Waals surface area (Å²) in [4.78, 5) is 14.8. The molecule has 3 rings (SSSR count). The van der Waals surface area contributed by atoms with Gasteiger partial charge in [-0.15, -0.1) is 12.4 Å². The van der Waals surface area contributed by atoms with E-state index in [1.807, 2.05) is 49.2 Å². The highest BCUT2D eigenvalue weighted by Gasteiger charge is 2.30. The Morgan fingerprint density at radius 3 is 2.36 bits per heavy atom. The van der Waals surface area contributed by atoms with Crippen molar-refractivity contribution in [2.24, 2.45) is 11.7 Å². The maximum Gasteiger partial charge on any atom is 0.227 e. The molecule has 1 amide bonds. The second-order valence-electron chi connectivity index (χ2n) is 6.84. The van der Waals surface area contributed by atoms with Crippen LogP contribution in [0.4, 0.5) is 0 Å². The van der Waals surface area contributed by atoms with Crippen LogP contribution in [0, 0.1) is 5.92 Å². The first-order chi connectivity index (χ1) is 11.6. The van der Waals surface area contributed by atoms with Crippen LogP contribution in [-0.2, 0) is 17.6 Å². The molecule has 0 radical (unpaired) electrons. The van der Waals surface area contributed by atoms with Gasteiger partial charge in [0.25, 0.3) is 0 Å². The lowest BCUT2D eigenvalue weighted by atomic mass is 9.86. The summed E-state index contributed by atoms with van der Waals surface area (Å²) in [5.41, 5.74) is 10.1. The summed E-state index contributed by atoms with van der Waals surface area (Å²) in [6, 6.07) is 18.4. The number of fused-ring (bicyclic) bond motifs is 1. The summed E-state index contributed by atoms with van der Waals surface area (Å²) in [7, 11) is 1.93. The Kier molecular flexibility index (Phi) is 6.63. The Bertz CT molecular complexity index is 704. The Balaban J connectivity index is 0.00000225. The van der Waals surface area contributed by atoms with Gasteiger partial charge in [0, 0.05) is 19.1 Å². The van der Waals surface area contributed by atoms with Gasteiger partial charge in [-0.1, -0.05) is 61.5 Å². The van der Waals surface area contributed by atoms with Gasteiger partial charge in [0.15, 0.2) is 0 Å². The van der Waals surface area contributed by atoms with Crippen molar-refractivity contribution in [2.75, 3.05) is 7.05 Å². The lowest BCUT2D eigenvalue weighted by Gasteiger charge is -2.35. The van der Waals surface area contributed by atoms with Crippen LogP contribution in [-0.4, -0.2) is 23.9 Å². The number of rotatable bonds is 4. The average Bonchev–Trinajstić information content (AvgIpc) is 2.66. The van der Waals surface area contributed by atoms with Crippen LogP contribution in [0.15, 0.2) is 54.6 Å². The summed E-state index contributed by atoms with van der Waals surface area (Å²) >= 11 is 0. The number of hydrogen-bond acceptors (Lipinski definition) is 2. The minimum atomic E-state index is -0.267. The number of carbonyl (C=O) groups is 1. The summed E-state index contributed by atoms with van der Waals surface area (Å²) in [6.07, 6.45) is 3.00. The Morgan fingerprint density at radius 1 is 1.08 bits per heavy atom. The molecule has 3 unspecified atom stereocenters. The molecular weight excluding hydrogens is 332 g/mol. The van der Waals surface area contributed by atoms with Gasteiger partial charge in [-0.05, 0) is 36.0 Å². The highest BCUT2D eigenvalue weighted by atomic mass is 35.5. The second-order valence-corrected chi connectivity index (χ2v) is 6.84. The van der Waals surface area contributed by atoms with E-state index >= 15 is 0 Å². The number of nitrogens with zero attached hydrogens (tertiary/aromatic N) is 1. The number of carbonyl (C=O) groups excluding carboxylic acids is 1. The van der Waals surface area contributed by atoms with Gasteiger partial charge < -0.3 is 10.6 Å². The maximum atomic E-state index is 12.9. The minimum absolute atomic E-state index is 0. The van der Waals surface area contributed by atoms with Crippen molar-refractivity contribution >= 4 is 18.3 Å². The van der Waals surface area contributed by atoms with Crippen molar-refractivity contribution < 1.29 is 4.79 Å². The number of hydrogen-bond donors (Lipinski definition) is 1. The molecule has 2 N–H and O–H groups in total. The van der Waals surface area contributed by atoms with Crippen molar-refractivity contribution in [2.45, 2.75) is 38.3 Å². The summed E-state index contributed by atoms with van der Waals surface area (Å²) in [6.45, 7) is 1.94. The molecule has 2 aromatic carbocycles. The first kappa shape index (κ1) is 19.5. The Morgan fingerprint density at radius 2 is 1.68 bits per heavy atom. The van der Waals surface area contributed by atoms with Gasteiger partial charge in [-0.25, -0.2) is 0 Å². The zero-order chi connectivity index (χ0) is 17.1.